The van der Waals surface area contributed by atoms with Gasteiger partial charge in [0.1, 0.15) is 0 Å². The molecule has 1 aromatic carbocycles. The molecule has 5 heteroatoms. The van der Waals surface area contributed by atoms with Crippen molar-refractivity contribution in [3.8, 4) is 0 Å². The van der Waals surface area contributed by atoms with Crippen LogP contribution in [0.1, 0.15) is 25.0 Å². The Labute approximate surface area is 125 Å². The average Bonchev–Trinajstić information content (AvgIpc) is 2.75. The minimum Gasteiger partial charge on any atom is -0.394 e. The molecule has 1 aromatic heterocycles. The lowest BCUT2D eigenvalue weighted by molar-refractivity contribution is 0.578. The van der Waals surface area contributed by atoms with Crippen molar-refractivity contribution >= 4 is 22.9 Å². The quantitative estimate of drug-likeness (QED) is 0.910. The molecule has 0 aliphatic carbocycles. The zero-order valence-corrected chi connectivity index (χ0v) is 12.8. The van der Waals surface area contributed by atoms with E-state index in [0.29, 0.717) is 5.69 Å². The zero-order chi connectivity index (χ0) is 14.8. The minimum absolute atomic E-state index is 0.706. The van der Waals surface area contributed by atoms with E-state index in [4.69, 9.17) is 5.73 Å². The van der Waals surface area contributed by atoms with Crippen molar-refractivity contribution in [2.75, 3.05) is 29.0 Å². The number of anilines is 4. The van der Waals surface area contributed by atoms with Crippen LogP contribution in [0.15, 0.2) is 24.3 Å². The molecule has 1 fully saturated rings. The van der Waals surface area contributed by atoms with Gasteiger partial charge in [-0.3, -0.25) is 4.68 Å². The van der Waals surface area contributed by atoms with Gasteiger partial charge in [0.05, 0.1) is 11.4 Å². The van der Waals surface area contributed by atoms with Gasteiger partial charge in [-0.05, 0) is 50.5 Å². The van der Waals surface area contributed by atoms with Crippen molar-refractivity contribution in [3.63, 3.8) is 0 Å². The summed E-state index contributed by atoms with van der Waals surface area (Å²) in [4.78, 5) is 2.45. The molecule has 3 N–H and O–H groups in total. The SMILES string of the molecule is Cc1nn(C)c(Nc2ccc(N3CCCCC3)cc2)c1N. The van der Waals surface area contributed by atoms with Crippen LogP contribution in [0.4, 0.5) is 22.9 Å². The third-order valence-electron chi connectivity index (χ3n) is 4.12. The smallest absolute Gasteiger partial charge is 0.152 e. The number of hydrogen-bond acceptors (Lipinski definition) is 4. The Hall–Kier alpha value is -2.17. The number of nitrogens with one attached hydrogen (secondary N) is 1. The lowest BCUT2D eigenvalue weighted by atomic mass is 10.1. The summed E-state index contributed by atoms with van der Waals surface area (Å²) < 4.78 is 1.78. The van der Waals surface area contributed by atoms with Crippen LogP contribution in [-0.2, 0) is 7.05 Å². The van der Waals surface area contributed by atoms with Crippen LogP contribution in [0.3, 0.4) is 0 Å². The number of rotatable bonds is 3. The third-order valence-corrected chi connectivity index (χ3v) is 4.12. The van der Waals surface area contributed by atoms with Gasteiger partial charge in [-0.1, -0.05) is 0 Å². The number of aryl methyl sites for hydroxylation is 2. The lowest BCUT2D eigenvalue weighted by Crippen LogP contribution is -2.29. The first-order valence-corrected chi connectivity index (χ1v) is 7.56. The zero-order valence-electron chi connectivity index (χ0n) is 12.8. The molecule has 2 heterocycles. The highest BCUT2D eigenvalue weighted by Crippen LogP contribution is 2.27. The highest BCUT2D eigenvalue weighted by molar-refractivity contribution is 5.71. The summed E-state index contributed by atoms with van der Waals surface area (Å²) in [5.41, 5.74) is 9.94. The molecule has 0 atom stereocenters. The maximum Gasteiger partial charge on any atom is 0.152 e. The van der Waals surface area contributed by atoms with Crippen molar-refractivity contribution in [2.45, 2.75) is 26.2 Å². The monoisotopic (exact) mass is 285 g/mol. The maximum absolute atomic E-state index is 6.04. The largest absolute Gasteiger partial charge is 0.394 e. The topological polar surface area (TPSA) is 59.1 Å². The van der Waals surface area contributed by atoms with E-state index < -0.39 is 0 Å². The summed E-state index contributed by atoms with van der Waals surface area (Å²) in [7, 11) is 1.90. The van der Waals surface area contributed by atoms with E-state index in [-0.39, 0.29) is 0 Å². The van der Waals surface area contributed by atoms with Gasteiger partial charge in [0.15, 0.2) is 5.82 Å². The predicted octanol–water partition coefficient (Wildman–Crippen LogP) is 3.04. The van der Waals surface area contributed by atoms with Gasteiger partial charge >= 0.3 is 0 Å². The summed E-state index contributed by atoms with van der Waals surface area (Å²) >= 11 is 0. The van der Waals surface area contributed by atoms with E-state index in [1.54, 1.807) is 4.68 Å². The molecule has 0 amide bonds. The van der Waals surface area contributed by atoms with Crippen LogP contribution in [-0.4, -0.2) is 22.9 Å². The molecule has 5 nitrogen and oxygen atoms in total. The second kappa shape index (κ2) is 5.68. The average molecular weight is 285 g/mol. The Morgan fingerprint density at radius 3 is 2.33 bits per heavy atom. The molecule has 1 aliphatic rings. The van der Waals surface area contributed by atoms with Gasteiger partial charge in [0, 0.05) is 31.5 Å². The van der Waals surface area contributed by atoms with Crippen LogP contribution in [0, 0.1) is 6.92 Å². The highest BCUT2D eigenvalue weighted by Gasteiger charge is 2.12. The standard InChI is InChI=1S/C16H23N5/c1-12-15(17)16(20(2)19-12)18-13-6-8-14(9-7-13)21-10-4-3-5-11-21/h6-9,18H,3-5,10-11,17H2,1-2H3. The van der Waals surface area contributed by atoms with Gasteiger partial charge in [-0.2, -0.15) is 5.10 Å². The van der Waals surface area contributed by atoms with Gasteiger partial charge < -0.3 is 16.0 Å². The molecule has 112 valence electrons. The summed E-state index contributed by atoms with van der Waals surface area (Å²) in [5, 5.41) is 7.67. The van der Waals surface area contributed by atoms with E-state index in [1.807, 2.05) is 14.0 Å². The fourth-order valence-electron chi connectivity index (χ4n) is 2.87. The van der Waals surface area contributed by atoms with Crippen molar-refractivity contribution in [2.24, 2.45) is 7.05 Å². The highest BCUT2D eigenvalue weighted by atomic mass is 15.3. The second-order valence-corrected chi connectivity index (χ2v) is 5.69. The van der Waals surface area contributed by atoms with Crippen molar-refractivity contribution in [1.82, 2.24) is 9.78 Å². The van der Waals surface area contributed by atoms with Gasteiger partial charge in [0.2, 0.25) is 0 Å². The number of benzene rings is 1. The first kappa shape index (κ1) is 13.8. The van der Waals surface area contributed by atoms with E-state index >= 15 is 0 Å². The normalized spacial score (nSPS) is 15.2. The lowest BCUT2D eigenvalue weighted by Gasteiger charge is -2.28. The first-order chi connectivity index (χ1) is 10.1. The Kier molecular flexibility index (Phi) is 3.73. The van der Waals surface area contributed by atoms with Crippen LogP contribution < -0.4 is 16.0 Å². The Bertz CT molecular complexity index is 608. The molecule has 1 saturated heterocycles. The molecular weight excluding hydrogens is 262 g/mol. The number of nitrogen functional groups attached to an aromatic ring is 1. The van der Waals surface area contributed by atoms with Gasteiger partial charge in [0.25, 0.3) is 0 Å². The predicted molar refractivity (Wildman–Crippen MR) is 88.1 cm³/mol. The number of nitrogens with two attached hydrogens (primary N) is 1. The van der Waals surface area contributed by atoms with E-state index in [9.17, 15) is 0 Å². The fourth-order valence-corrected chi connectivity index (χ4v) is 2.87. The molecule has 0 bridgehead atoms. The van der Waals surface area contributed by atoms with Crippen molar-refractivity contribution < 1.29 is 0 Å². The molecule has 0 radical (unpaired) electrons. The summed E-state index contributed by atoms with van der Waals surface area (Å²) in [5.74, 6) is 0.846. The van der Waals surface area contributed by atoms with Gasteiger partial charge in [-0.25, -0.2) is 0 Å². The van der Waals surface area contributed by atoms with E-state index in [2.05, 4.69) is 39.6 Å². The van der Waals surface area contributed by atoms with Crippen LogP contribution >= 0.6 is 0 Å². The molecule has 0 saturated carbocycles. The van der Waals surface area contributed by atoms with Crippen LogP contribution in [0.2, 0.25) is 0 Å². The number of hydrogen-bond donors (Lipinski definition) is 2. The molecule has 0 spiro atoms. The van der Waals surface area contributed by atoms with E-state index in [1.165, 1.54) is 38.0 Å². The van der Waals surface area contributed by atoms with Crippen LogP contribution in [0.5, 0.6) is 0 Å². The Balaban J connectivity index is 1.75. The fraction of sp³-hybridized carbons (Fsp3) is 0.438. The number of nitrogens with zero attached hydrogens (tertiary/aromatic N) is 3. The molecular formula is C16H23N5. The third kappa shape index (κ3) is 2.82. The molecule has 0 unspecified atom stereocenters. The van der Waals surface area contributed by atoms with Gasteiger partial charge in [-0.15, -0.1) is 0 Å². The summed E-state index contributed by atoms with van der Waals surface area (Å²) in [6, 6.07) is 8.55. The van der Waals surface area contributed by atoms with Crippen LogP contribution in [0.25, 0.3) is 0 Å². The molecule has 21 heavy (non-hydrogen) atoms. The van der Waals surface area contributed by atoms with Crippen molar-refractivity contribution in [1.29, 1.82) is 0 Å². The Morgan fingerprint density at radius 2 is 1.76 bits per heavy atom. The van der Waals surface area contributed by atoms with E-state index in [0.717, 1.165) is 17.2 Å². The summed E-state index contributed by atoms with van der Waals surface area (Å²) in [6.07, 6.45) is 3.95. The molecule has 2 aromatic rings. The summed E-state index contributed by atoms with van der Waals surface area (Å²) in [6.45, 7) is 4.25. The maximum atomic E-state index is 6.04. The number of piperidine rings is 1. The molecule has 1 aliphatic heterocycles. The first-order valence-electron chi connectivity index (χ1n) is 7.56. The minimum atomic E-state index is 0.706. The molecule has 3 rings (SSSR count). The Morgan fingerprint density at radius 1 is 1.10 bits per heavy atom. The second-order valence-electron chi connectivity index (χ2n) is 5.69. The van der Waals surface area contributed by atoms with Crippen molar-refractivity contribution in [3.05, 3.63) is 30.0 Å². The number of aromatic nitrogens is 2.